The molecule has 0 fully saturated rings. The van der Waals surface area contributed by atoms with Crippen molar-refractivity contribution in [3.8, 4) is 21.9 Å². The van der Waals surface area contributed by atoms with Crippen molar-refractivity contribution in [3.05, 3.63) is 83.9 Å². The molecule has 0 radical (unpaired) electrons. The van der Waals surface area contributed by atoms with Gasteiger partial charge in [-0.2, -0.15) is 0 Å². The molecule has 1 heterocycles. The number of carbonyl (C=O) groups is 2. The van der Waals surface area contributed by atoms with Gasteiger partial charge in [0.25, 0.3) is 0 Å². The molecule has 1 aromatic heterocycles. The molecule has 1 atom stereocenters. The maximum atomic E-state index is 13.5. The van der Waals surface area contributed by atoms with Crippen LogP contribution in [0.2, 0.25) is 0 Å². The Morgan fingerprint density at radius 1 is 0.968 bits per heavy atom. The van der Waals surface area contributed by atoms with Crippen LogP contribution in [0.5, 0.6) is 11.5 Å². The van der Waals surface area contributed by atoms with Crippen LogP contribution >= 0.6 is 11.3 Å². The van der Waals surface area contributed by atoms with Gasteiger partial charge in [-0.1, -0.05) is 18.2 Å². The molecule has 0 aliphatic carbocycles. The highest BCUT2D eigenvalue weighted by atomic mass is 32.1. The Hall–Kier alpha value is -3.64. The number of hydrogen-bond acceptors (Lipinski definition) is 5. The second kappa shape index (κ2) is 8.62. The molecule has 156 valence electrons. The Balaban J connectivity index is 1.68. The first kappa shape index (κ1) is 20.6. The molecule has 0 bridgehead atoms. The lowest BCUT2D eigenvalue weighted by Crippen LogP contribution is -2.17. The minimum Gasteiger partial charge on any atom is -0.508 e. The van der Waals surface area contributed by atoms with E-state index in [1.807, 2.05) is 24.3 Å². The maximum Gasteiger partial charge on any atom is 0.309 e. The van der Waals surface area contributed by atoms with Crippen molar-refractivity contribution in [1.82, 2.24) is 0 Å². The number of fused-ring (bicyclic) bond motifs is 1. The average molecular weight is 432 g/mol. The number of phenols is 1. The highest BCUT2D eigenvalue weighted by Gasteiger charge is 2.21. The van der Waals surface area contributed by atoms with Crippen LogP contribution in [0.15, 0.2) is 72.8 Å². The fraction of sp³-hybridized carbons (Fsp3) is 0.120. The van der Waals surface area contributed by atoms with Gasteiger partial charge < -0.3 is 14.9 Å². The average Bonchev–Trinajstić information content (AvgIpc) is 3.17. The first-order valence-corrected chi connectivity index (χ1v) is 10.6. The number of hydrogen-bond donors (Lipinski definition) is 2. The van der Waals surface area contributed by atoms with Gasteiger partial charge in [0.1, 0.15) is 18.1 Å². The van der Waals surface area contributed by atoms with Crippen LogP contribution in [-0.4, -0.2) is 28.6 Å². The number of carboxylic acid groups (broad SMARTS) is 1. The van der Waals surface area contributed by atoms with Crippen LogP contribution in [0.4, 0.5) is 0 Å². The van der Waals surface area contributed by atoms with E-state index in [0.717, 1.165) is 20.5 Å². The summed E-state index contributed by atoms with van der Waals surface area (Å²) in [5, 5.41) is 19.5. The van der Waals surface area contributed by atoms with Crippen LogP contribution in [-0.2, 0) is 4.79 Å². The van der Waals surface area contributed by atoms with Crippen LogP contribution in [0.3, 0.4) is 0 Å². The predicted molar refractivity (Wildman–Crippen MR) is 121 cm³/mol. The van der Waals surface area contributed by atoms with E-state index in [1.54, 1.807) is 66.8 Å². The molecule has 3 aromatic carbocycles. The van der Waals surface area contributed by atoms with Crippen LogP contribution in [0.25, 0.3) is 20.5 Å². The van der Waals surface area contributed by atoms with Gasteiger partial charge in [0.15, 0.2) is 5.78 Å². The van der Waals surface area contributed by atoms with Gasteiger partial charge in [-0.15, -0.1) is 11.3 Å². The van der Waals surface area contributed by atoms with E-state index in [4.69, 9.17) is 9.84 Å². The maximum absolute atomic E-state index is 13.5. The van der Waals surface area contributed by atoms with Gasteiger partial charge in [-0.25, -0.2) is 0 Å². The van der Waals surface area contributed by atoms with E-state index in [-0.39, 0.29) is 18.1 Å². The predicted octanol–water partition coefficient (Wildman–Crippen LogP) is 5.60. The summed E-state index contributed by atoms with van der Waals surface area (Å²) >= 11 is 1.54. The summed E-state index contributed by atoms with van der Waals surface area (Å²) in [4.78, 5) is 25.3. The molecule has 6 heteroatoms. The third-order valence-corrected chi connectivity index (χ3v) is 6.21. The highest BCUT2D eigenvalue weighted by Crippen LogP contribution is 2.40. The topological polar surface area (TPSA) is 83.8 Å². The minimum atomic E-state index is -0.919. The molecular formula is C25H20O5S. The smallest absolute Gasteiger partial charge is 0.309 e. The Bertz CT molecular complexity index is 1240. The second-order valence-corrected chi connectivity index (χ2v) is 8.31. The van der Waals surface area contributed by atoms with E-state index in [9.17, 15) is 14.7 Å². The lowest BCUT2D eigenvalue weighted by molar-refractivity contribution is -0.142. The number of carbonyl (C=O) groups excluding carboxylic acids is 1. The first-order valence-electron chi connectivity index (χ1n) is 9.75. The largest absolute Gasteiger partial charge is 0.508 e. The second-order valence-electron chi connectivity index (χ2n) is 7.25. The zero-order valence-electron chi connectivity index (χ0n) is 16.7. The summed E-state index contributed by atoms with van der Waals surface area (Å²) in [7, 11) is 0. The van der Waals surface area contributed by atoms with Gasteiger partial charge in [0, 0.05) is 26.1 Å². The number of benzene rings is 3. The number of thiophene rings is 1. The standard InChI is InChI=1S/C25H20O5S/c1-15(25(28)29)14-30-19-12-8-16(9-13-19)23(27)22-20-4-2-3-5-21(20)31-24(22)17-6-10-18(26)11-7-17/h2-13,15,26H,14H2,1H3,(H,28,29). The van der Waals surface area contributed by atoms with Gasteiger partial charge in [0.05, 0.1) is 5.92 Å². The number of phenolic OH excluding ortho intramolecular Hbond substituents is 1. The van der Waals surface area contributed by atoms with Crippen molar-refractivity contribution in [2.45, 2.75) is 6.92 Å². The van der Waals surface area contributed by atoms with Gasteiger partial charge in [-0.3, -0.25) is 9.59 Å². The molecule has 0 aliphatic rings. The molecule has 0 aliphatic heterocycles. The molecule has 0 saturated heterocycles. The molecule has 1 unspecified atom stereocenters. The van der Waals surface area contributed by atoms with E-state index in [1.165, 1.54) is 0 Å². The van der Waals surface area contributed by atoms with E-state index in [2.05, 4.69) is 0 Å². The molecule has 0 saturated carbocycles. The van der Waals surface area contributed by atoms with Gasteiger partial charge in [-0.05, 0) is 67.1 Å². The summed E-state index contributed by atoms with van der Waals surface area (Å²) in [6, 6.07) is 21.3. The Morgan fingerprint density at radius 2 is 1.65 bits per heavy atom. The molecule has 4 aromatic rings. The van der Waals surface area contributed by atoms with Crippen LogP contribution in [0, 0.1) is 5.92 Å². The summed E-state index contributed by atoms with van der Waals surface area (Å²) in [5.41, 5.74) is 2.01. The number of rotatable bonds is 7. The normalized spacial score (nSPS) is 11.9. The van der Waals surface area contributed by atoms with E-state index >= 15 is 0 Å². The molecule has 31 heavy (non-hydrogen) atoms. The van der Waals surface area contributed by atoms with Gasteiger partial charge >= 0.3 is 5.97 Å². The van der Waals surface area contributed by atoms with Gasteiger partial charge in [0.2, 0.25) is 0 Å². The minimum absolute atomic E-state index is 0.0583. The van der Waals surface area contributed by atoms with E-state index in [0.29, 0.717) is 16.9 Å². The fourth-order valence-corrected chi connectivity index (χ4v) is 4.43. The summed E-state index contributed by atoms with van der Waals surface area (Å²) in [6.07, 6.45) is 0. The van der Waals surface area contributed by atoms with Crippen molar-refractivity contribution in [2.24, 2.45) is 5.92 Å². The lowest BCUT2D eigenvalue weighted by Gasteiger charge is -2.10. The quantitative estimate of drug-likeness (QED) is 0.371. The van der Waals surface area contributed by atoms with Crippen LogP contribution < -0.4 is 4.74 Å². The molecule has 2 N–H and O–H groups in total. The molecule has 0 amide bonds. The fourth-order valence-electron chi connectivity index (χ4n) is 3.23. The molecule has 5 nitrogen and oxygen atoms in total. The van der Waals surface area contributed by atoms with Crippen molar-refractivity contribution < 1.29 is 24.5 Å². The summed E-state index contributed by atoms with van der Waals surface area (Å²) in [5.74, 6) is -0.959. The van der Waals surface area contributed by atoms with Crippen molar-refractivity contribution in [3.63, 3.8) is 0 Å². The number of aliphatic carboxylic acids is 1. The Kier molecular flexibility index (Phi) is 5.73. The lowest BCUT2D eigenvalue weighted by atomic mass is 9.97. The number of ketones is 1. The zero-order valence-corrected chi connectivity index (χ0v) is 17.6. The Labute approximate surface area is 183 Å². The monoisotopic (exact) mass is 432 g/mol. The Morgan fingerprint density at radius 3 is 2.32 bits per heavy atom. The number of ether oxygens (including phenoxy) is 1. The first-order chi connectivity index (χ1) is 14.9. The molecule has 0 spiro atoms. The third kappa shape index (κ3) is 4.29. The summed E-state index contributed by atoms with van der Waals surface area (Å²) < 4.78 is 6.53. The van der Waals surface area contributed by atoms with Crippen LogP contribution in [0.1, 0.15) is 22.8 Å². The zero-order chi connectivity index (χ0) is 22.0. The molecule has 4 rings (SSSR count). The van der Waals surface area contributed by atoms with Crippen molar-refractivity contribution in [2.75, 3.05) is 6.61 Å². The van der Waals surface area contributed by atoms with E-state index < -0.39 is 11.9 Å². The van der Waals surface area contributed by atoms with Crippen molar-refractivity contribution in [1.29, 1.82) is 0 Å². The van der Waals surface area contributed by atoms with Crippen molar-refractivity contribution >= 4 is 33.2 Å². The molecular weight excluding hydrogens is 412 g/mol. The third-order valence-electron chi connectivity index (χ3n) is 4.99. The SMILES string of the molecule is CC(COc1ccc(C(=O)c2c(-c3ccc(O)cc3)sc3ccccc23)cc1)C(=O)O. The summed E-state index contributed by atoms with van der Waals surface area (Å²) in [6.45, 7) is 1.63. The number of carboxylic acids is 1. The number of aromatic hydroxyl groups is 1. The highest BCUT2D eigenvalue weighted by molar-refractivity contribution is 7.22.